The lowest BCUT2D eigenvalue weighted by Gasteiger charge is -2.24. The second-order valence-corrected chi connectivity index (χ2v) is 6.08. The average molecular weight is 353 g/mol. The molecule has 25 heavy (non-hydrogen) atoms. The fourth-order valence-corrected chi connectivity index (χ4v) is 3.11. The van der Waals surface area contributed by atoms with Gasteiger partial charge in [-0.25, -0.2) is 0 Å². The average Bonchev–Trinajstić information content (AvgIpc) is 2.98. The summed E-state index contributed by atoms with van der Waals surface area (Å²) in [6, 6.07) is 2.31. The molecule has 0 fully saturated rings. The van der Waals surface area contributed by atoms with Crippen LogP contribution in [0.1, 0.15) is 33.7 Å². The highest BCUT2D eigenvalue weighted by Crippen LogP contribution is 2.31. The smallest absolute Gasteiger partial charge is 0.365 e. The number of hydrogen-bond acceptors (Lipinski definition) is 4. The van der Waals surface area contributed by atoms with Crippen LogP contribution in [0.3, 0.4) is 0 Å². The number of aryl methyl sites for hydroxylation is 1. The van der Waals surface area contributed by atoms with E-state index in [9.17, 15) is 18.0 Å². The lowest BCUT2D eigenvalue weighted by Crippen LogP contribution is -2.31. The number of hydrogen-bond donors (Lipinski definition) is 2. The number of carbonyl (C=O) groups excluding carboxylic acids is 1. The van der Waals surface area contributed by atoms with Gasteiger partial charge in [0.15, 0.2) is 0 Å². The van der Waals surface area contributed by atoms with Gasteiger partial charge < -0.3 is 11.1 Å². The van der Waals surface area contributed by atoms with Gasteiger partial charge in [-0.2, -0.15) is 18.3 Å². The van der Waals surface area contributed by atoms with Crippen molar-refractivity contribution < 1.29 is 18.0 Å². The van der Waals surface area contributed by atoms with Crippen LogP contribution in [0.25, 0.3) is 0 Å². The number of nitrogens with zero attached hydrogens (tertiary/aromatic N) is 3. The summed E-state index contributed by atoms with van der Waals surface area (Å²) in [6.07, 6.45) is -0.158. The van der Waals surface area contributed by atoms with E-state index in [4.69, 9.17) is 5.73 Å². The van der Waals surface area contributed by atoms with Crippen LogP contribution in [-0.4, -0.2) is 27.2 Å². The van der Waals surface area contributed by atoms with Crippen molar-refractivity contribution in [2.24, 2.45) is 11.7 Å². The predicted molar refractivity (Wildman–Crippen MR) is 83.5 cm³/mol. The maximum absolute atomic E-state index is 13.0. The summed E-state index contributed by atoms with van der Waals surface area (Å²) < 4.78 is 40.6. The standard InChI is InChI=1S/C16H18F3N5O/c17-16(18,19)12-2-1-4-22-13(12)9-21-7-10-3-5-24-14(6-10)11(8-23-24)15(20)25/h1-2,4,8,10,21H,3,5-7,9H2,(H2,20,25). The molecule has 0 saturated carbocycles. The molecule has 3 heterocycles. The number of aromatic nitrogens is 3. The normalized spacial score (nSPS) is 17.3. The first-order valence-electron chi connectivity index (χ1n) is 7.92. The lowest BCUT2D eigenvalue weighted by atomic mass is 9.94. The summed E-state index contributed by atoms with van der Waals surface area (Å²) in [4.78, 5) is 15.2. The highest BCUT2D eigenvalue weighted by molar-refractivity contribution is 5.93. The third kappa shape index (κ3) is 3.81. The number of rotatable bonds is 5. The van der Waals surface area contributed by atoms with Crippen LogP contribution < -0.4 is 11.1 Å². The van der Waals surface area contributed by atoms with Gasteiger partial charge in [-0.15, -0.1) is 0 Å². The van der Waals surface area contributed by atoms with Crippen LogP contribution >= 0.6 is 0 Å². The van der Waals surface area contributed by atoms with Gasteiger partial charge in [0.1, 0.15) is 0 Å². The van der Waals surface area contributed by atoms with Gasteiger partial charge in [-0.3, -0.25) is 14.5 Å². The molecular formula is C16H18F3N5O. The van der Waals surface area contributed by atoms with Crippen LogP contribution in [0.4, 0.5) is 13.2 Å². The van der Waals surface area contributed by atoms with Gasteiger partial charge in [-0.1, -0.05) is 0 Å². The summed E-state index contributed by atoms with van der Waals surface area (Å²) in [6.45, 7) is 1.22. The third-order valence-corrected chi connectivity index (χ3v) is 4.37. The molecule has 1 aliphatic heterocycles. The molecule has 0 bridgehead atoms. The molecule has 1 unspecified atom stereocenters. The van der Waals surface area contributed by atoms with Crippen molar-refractivity contribution in [3.8, 4) is 0 Å². The third-order valence-electron chi connectivity index (χ3n) is 4.37. The molecule has 0 radical (unpaired) electrons. The number of nitrogens with two attached hydrogens (primary N) is 1. The van der Waals surface area contributed by atoms with Crippen molar-refractivity contribution in [1.29, 1.82) is 0 Å². The van der Waals surface area contributed by atoms with Crippen LogP contribution in [0.5, 0.6) is 0 Å². The van der Waals surface area contributed by atoms with Crippen LogP contribution in [0.15, 0.2) is 24.5 Å². The van der Waals surface area contributed by atoms with E-state index in [0.717, 1.165) is 18.2 Å². The molecule has 2 aromatic rings. The fourth-order valence-electron chi connectivity index (χ4n) is 3.11. The van der Waals surface area contributed by atoms with Gasteiger partial charge in [0.05, 0.1) is 28.7 Å². The monoisotopic (exact) mass is 353 g/mol. The zero-order valence-corrected chi connectivity index (χ0v) is 13.4. The second kappa shape index (κ2) is 6.83. The first-order valence-corrected chi connectivity index (χ1v) is 7.92. The Kier molecular flexibility index (Phi) is 4.76. The van der Waals surface area contributed by atoms with Crippen molar-refractivity contribution in [3.63, 3.8) is 0 Å². The van der Waals surface area contributed by atoms with Crippen molar-refractivity contribution in [2.45, 2.75) is 32.1 Å². The largest absolute Gasteiger partial charge is 0.418 e. The van der Waals surface area contributed by atoms with E-state index in [1.54, 1.807) is 4.68 Å². The molecule has 1 aliphatic rings. The summed E-state index contributed by atoms with van der Waals surface area (Å²) in [7, 11) is 0. The topological polar surface area (TPSA) is 85.8 Å². The molecule has 9 heteroatoms. The molecule has 0 spiro atoms. The Balaban J connectivity index is 1.61. The summed E-state index contributed by atoms with van der Waals surface area (Å²) in [5.41, 5.74) is 5.80. The molecule has 3 rings (SSSR count). The Hall–Kier alpha value is -2.42. The minimum atomic E-state index is -4.42. The van der Waals surface area contributed by atoms with E-state index in [1.807, 2.05) is 0 Å². The Bertz CT molecular complexity index is 771. The number of pyridine rings is 1. The van der Waals surface area contributed by atoms with E-state index in [-0.39, 0.29) is 18.2 Å². The molecule has 0 aromatic carbocycles. The number of amides is 1. The number of halogens is 3. The van der Waals surface area contributed by atoms with Gasteiger partial charge in [0.25, 0.3) is 5.91 Å². The van der Waals surface area contributed by atoms with Gasteiger partial charge >= 0.3 is 6.18 Å². The molecule has 1 atom stereocenters. The van der Waals surface area contributed by atoms with Crippen molar-refractivity contribution in [3.05, 3.63) is 47.0 Å². The number of nitrogens with one attached hydrogen (secondary N) is 1. The Morgan fingerprint density at radius 1 is 1.44 bits per heavy atom. The van der Waals surface area contributed by atoms with Gasteiger partial charge in [0.2, 0.25) is 0 Å². The Labute approximate surface area is 142 Å². The molecule has 0 saturated heterocycles. The van der Waals surface area contributed by atoms with Crippen molar-refractivity contribution >= 4 is 5.91 Å². The second-order valence-electron chi connectivity index (χ2n) is 6.08. The molecular weight excluding hydrogens is 335 g/mol. The molecule has 134 valence electrons. The Morgan fingerprint density at radius 3 is 2.96 bits per heavy atom. The van der Waals surface area contributed by atoms with E-state index in [1.165, 1.54) is 18.5 Å². The number of alkyl halides is 3. The van der Waals surface area contributed by atoms with Crippen LogP contribution in [0, 0.1) is 5.92 Å². The molecule has 1 amide bonds. The van der Waals surface area contributed by atoms with Gasteiger partial charge in [0, 0.05) is 19.3 Å². The van der Waals surface area contributed by atoms with Crippen LogP contribution in [-0.2, 0) is 25.7 Å². The Morgan fingerprint density at radius 2 is 2.24 bits per heavy atom. The minimum absolute atomic E-state index is 0.0197. The molecule has 0 aliphatic carbocycles. The molecule has 3 N–H and O–H groups in total. The van der Waals surface area contributed by atoms with E-state index >= 15 is 0 Å². The molecule has 6 nitrogen and oxygen atoms in total. The van der Waals surface area contributed by atoms with Crippen molar-refractivity contribution in [2.75, 3.05) is 6.54 Å². The quantitative estimate of drug-likeness (QED) is 0.857. The minimum Gasteiger partial charge on any atom is -0.365 e. The summed E-state index contributed by atoms with van der Waals surface area (Å²) >= 11 is 0. The summed E-state index contributed by atoms with van der Waals surface area (Å²) in [5, 5.41) is 7.19. The van der Waals surface area contributed by atoms with Crippen LogP contribution in [0.2, 0.25) is 0 Å². The zero-order chi connectivity index (χ0) is 18.0. The summed E-state index contributed by atoms with van der Waals surface area (Å²) in [5.74, 6) is -0.321. The zero-order valence-electron chi connectivity index (χ0n) is 13.4. The molecule has 2 aromatic heterocycles. The van der Waals surface area contributed by atoms with Gasteiger partial charge in [-0.05, 0) is 37.4 Å². The first kappa shape index (κ1) is 17.4. The maximum Gasteiger partial charge on any atom is 0.418 e. The highest BCUT2D eigenvalue weighted by Gasteiger charge is 2.33. The fraction of sp³-hybridized carbons (Fsp3) is 0.438. The first-order chi connectivity index (χ1) is 11.9. The lowest BCUT2D eigenvalue weighted by molar-refractivity contribution is -0.138. The predicted octanol–water partition coefficient (Wildman–Crippen LogP) is 1.75. The SMILES string of the molecule is NC(=O)c1cnn2c1CC(CNCc1ncccc1C(F)(F)F)CC2. The van der Waals surface area contributed by atoms with E-state index < -0.39 is 17.6 Å². The highest BCUT2D eigenvalue weighted by atomic mass is 19.4. The number of fused-ring (bicyclic) bond motifs is 1. The maximum atomic E-state index is 13.0. The number of primary amides is 1. The van der Waals surface area contributed by atoms with Crippen molar-refractivity contribution in [1.82, 2.24) is 20.1 Å². The van der Waals surface area contributed by atoms with E-state index in [0.29, 0.717) is 25.1 Å². The van der Waals surface area contributed by atoms with E-state index in [2.05, 4.69) is 15.4 Å². The number of carbonyl (C=O) groups is 1.